The standard InChI is InChI=1S/C46H28N2O/c1-4-12-31(13-5-1)32-20-23-37(24-21-32)47(35-14-6-2-7-15-35)38-29-42-41-27-34(28-45(41)49-46(42)30-38)33-22-25-44-40(26-33)39-18-10-11-19-43(39)48(44)36-16-8-3-9-17-36/h1-26,28,30H. The van der Waals surface area contributed by atoms with Crippen LogP contribution in [0.4, 0.5) is 11.4 Å². The van der Waals surface area contributed by atoms with Crippen LogP contribution in [0.25, 0.3) is 67.8 Å². The van der Waals surface area contributed by atoms with Crippen molar-refractivity contribution >= 4 is 62.4 Å². The van der Waals surface area contributed by atoms with E-state index in [1.165, 1.54) is 32.9 Å². The number of anilines is 2. The highest BCUT2D eigenvalue weighted by Gasteiger charge is 2.19. The van der Waals surface area contributed by atoms with Crippen molar-refractivity contribution in [3.8, 4) is 16.8 Å². The summed E-state index contributed by atoms with van der Waals surface area (Å²) in [6, 6.07) is 55.5. The summed E-state index contributed by atoms with van der Waals surface area (Å²) in [4.78, 5) is 2.23. The number of fused-ring (bicyclic) bond motifs is 6. The predicted molar refractivity (Wildman–Crippen MR) is 201 cm³/mol. The average molecular weight is 625 g/mol. The maximum Gasteiger partial charge on any atom is 0.146 e. The highest BCUT2D eigenvalue weighted by molar-refractivity contribution is 6.11. The Hall–Kier alpha value is -6.76. The zero-order valence-corrected chi connectivity index (χ0v) is 26.5. The third-order valence-corrected chi connectivity index (χ3v) is 9.50. The molecule has 6 aromatic carbocycles. The van der Waals surface area contributed by atoms with Gasteiger partial charge in [-0.2, -0.15) is 0 Å². The molecule has 3 nitrogen and oxygen atoms in total. The summed E-state index contributed by atoms with van der Waals surface area (Å²) >= 11 is 0. The number of para-hydroxylation sites is 3. The van der Waals surface area contributed by atoms with E-state index in [0.717, 1.165) is 55.2 Å². The molecule has 0 unspecified atom stereocenters. The number of allylic oxidation sites excluding steroid dienone is 2. The van der Waals surface area contributed by atoms with Gasteiger partial charge < -0.3 is 13.9 Å². The number of furan rings is 1. The molecule has 2 aromatic heterocycles. The molecule has 0 bridgehead atoms. The molecule has 0 amide bonds. The summed E-state index contributed by atoms with van der Waals surface area (Å²) in [7, 11) is 0. The van der Waals surface area contributed by atoms with E-state index >= 15 is 0 Å². The molecule has 0 saturated heterocycles. The first-order valence-electron chi connectivity index (χ1n) is 16.5. The Morgan fingerprint density at radius 2 is 1.06 bits per heavy atom. The molecule has 228 valence electrons. The summed E-state index contributed by atoms with van der Waals surface area (Å²) in [5, 5.41) is 4.34. The summed E-state index contributed by atoms with van der Waals surface area (Å²) < 4.78 is 8.80. The fraction of sp³-hybridized carbons (Fsp3) is 0. The van der Waals surface area contributed by atoms with Crippen molar-refractivity contribution in [2.45, 2.75) is 0 Å². The lowest BCUT2D eigenvalue weighted by Crippen LogP contribution is -2.33. The minimum atomic E-state index is 0.811. The lowest BCUT2D eigenvalue weighted by Gasteiger charge is -2.24. The van der Waals surface area contributed by atoms with Crippen LogP contribution in [0.2, 0.25) is 0 Å². The molecule has 10 rings (SSSR count). The number of hydrogen-bond acceptors (Lipinski definition) is 2. The van der Waals surface area contributed by atoms with E-state index in [9.17, 15) is 0 Å². The van der Waals surface area contributed by atoms with Crippen molar-refractivity contribution in [3.63, 3.8) is 0 Å². The van der Waals surface area contributed by atoms with Crippen LogP contribution in [0.1, 0.15) is 5.56 Å². The van der Waals surface area contributed by atoms with Gasteiger partial charge in [0.1, 0.15) is 10.8 Å². The van der Waals surface area contributed by atoms with Crippen LogP contribution in [0.15, 0.2) is 168 Å². The van der Waals surface area contributed by atoms with E-state index in [1.54, 1.807) is 0 Å². The Labute approximate surface area is 282 Å². The van der Waals surface area contributed by atoms with E-state index in [1.807, 2.05) is 12.1 Å². The van der Waals surface area contributed by atoms with Crippen LogP contribution < -0.4 is 26.2 Å². The van der Waals surface area contributed by atoms with Gasteiger partial charge in [-0.25, -0.2) is 0 Å². The largest absolute Gasteiger partial charge is 0.455 e. The average Bonchev–Trinajstić information content (AvgIpc) is 3.92. The molecule has 0 radical (unpaired) electrons. The first kappa shape index (κ1) is 27.4. The van der Waals surface area contributed by atoms with Gasteiger partial charge >= 0.3 is 0 Å². The Kier molecular flexibility index (Phi) is 6.09. The Bertz CT molecular complexity index is 2920. The molecule has 2 aliphatic rings. The summed E-state index contributed by atoms with van der Waals surface area (Å²) in [5.74, 6) is 0. The van der Waals surface area contributed by atoms with Crippen LogP contribution in [-0.2, 0) is 0 Å². The predicted octanol–water partition coefficient (Wildman–Crippen LogP) is 8.20. The van der Waals surface area contributed by atoms with Crippen molar-refractivity contribution < 1.29 is 4.42 Å². The molecule has 0 aliphatic heterocycles. The summed E-state index contributed by atoms with van der Waals surface area (Å²) in [6.45, 7) is 0. The third-order valence-electron chi connectivity index (χ3n) is 9.50. The lowest BCUT2D eigenvalue weighted by molar-refractivity contribution is 0.499. The molecular weight excluding hydrogens is 597 g/mol. The smallest absolute Gasteiger partial charge is 0.146 e. The minimum absolute atomic E-state index is 0.811. The second-order valence-corrected chi connectivity index (χ2v) is 12.4. The highest BCUT2D eigenvalue weighted by Crippen LogP contribution is 2.35. The normalized spacial score (nSPS) is 12.7. The Morgan fingerprint density at radius 3 is 1.86 bits per heavy atom. The van der Waals surface area contributed by atoms with Crippen molar-refractivity contribution in [1.82, 2.24) is 4.57 Å². The maximum absolute atomic E-state index is 6.46. The zero-order chi connectivity index (χ0) is 32.3. The summed E-state index contributed by atoms with van der Waals surface area (Å²) in [6.07, 6.45) is 4.20. The minimum Gasteiger partial charge on any atom is -0.455 e. The number of aromatic nitrogens is 1. The van der Waals surface area contributed by atoms with Gasteiger partial charge in [0, 0.05) is 39.5 Å². The molecule has 2 heterocycles. The number of nitrogens with zero attached hydrogens (tertiary/aromatic N) is 2. The van der Waals surface area contributed by atoms with Crippen molar-refractivity contribution in [2.24, 2.45) is 0 Å². The van der Waals surface area contributed by atoms with Crippen LogP contribution in [0.3, 0.4) is 0 Å². The quantitative estimate of drug-likeness (QED) is 0.186. The van der Waals surface area contributed by atoms with Gasteiger partial charge in [-0.1, -0.05) is 115 Å². The van der Waals surface area contributed by atoms with E-state index in [4.69, 9.17) is 4.42 Å². The van der Waals surface area contributed by atoms with Crippen molar-refractivity contribution in [2.75, 3.05) is 4.90 Å². The molecule has 8 aromatic rings. The third kappa shape index (κ3) is 4.47. The molecule has 0 saturated carbocycles. The fourth-order valence-corrected chi connectivity index (χ4v) is 7.22. The van der Waals surface area contributed by atoms with Gasteiger partial charge in [-0.3, -0.25) is 0 Å². The van der Waals surface area contributed by atoms with Gasteiger partial charge in [-0.05, 0) is 77.4 Å². The topological polar surface area (TPSA) is 21.3 Å². The zero-order valence-electron chi connectivity index (χ0n) is 26.5. The van der Waals surface area contributed by atoms with Gasteiger partial charge in [-0.15, -0.1) is 0 Å². The molecular formula is C46H28N2O. The molecule has 0 atom stereocenters. The second kappa shape index (κ2) is 10.9. The van der Waals surface area contributed by atoms with Gasteiger partial charge in [0.15, 0.2) is 0 Å². The molecule has 0 spiro atoms. The number of benzene rings is 6. The SMILES string of the molecule is C1=C(c2ccc3c(c2)c2ccccc2n3-c2ccccc2)C=c2oc3c(c2=1)=C=C(N(c1ccccc1)c1ccc(-c2ccccc2)cc1)C=3. The fourth-order valence-electron chi connectivity index (χ4n) is 7.22. The second-order valence-electron chi connectivity index (χ2n) is 12.4. The molecule has 2 aliphatic carbocycles. The van der Waals surface area contributed by atoms with Crippen molar-refractivity contribution in [3.05, 3.63) is 190 Å². The van der Waals surface area contributed by atoms with Crippen LogP contribution in [0.5, 0.6) is 0 Å². The van der Waals surface area contributed by atoms with Crippen LogP contribution >= 0.6 is 0 Å². The maximum atomic E-state index is 6.46. The summed E-state index contributed by atoms with van der Waals surface area (Å²) in [5.41, 5.74) is 20.1. The van der Waals surface area contributed by atoms with Crippen LogP contribution in [-0.4, -0.2) is 4.57 Å². The van der Waals surface area contributed by atoms with E-state index in [2.05, 4.69) is 179 Å². The van der Waals surface area contributed by atoms with E-state index in [-0.39, 0.29) is 0 Å². The number of hydrogen-bond donors (Lipinski definition) is 0. The Balaban J connectivity index is 1.11. The molecule has 0 fully saturated rings. The van der Waals surface area contributed by atoms with Crippen molar-refractivity contribution in [1.29, 1.82) is 0 Å². The first-order chi connectivity index (χ1) is 24.3. The molecule has 49 heavy (non-hydrogen) atoms. The van der Waals surface area contributed by atoms with Gasteiger partial charge in [0.05, 0.1) is 27.2 Å². The van der Waals surface area contributed by atoms with Crippen LogP contribution in [0, 0.1) is 0 Å². The molecule has 3 heteroatoms. The van der Waals surface area contributed by atoms with Gasteiger partial charge in [0.25, 0.3) is 0 Å². The molecule has 0 N–H and O–H groups in total. The van der Waals surface area contributed by atoms with Gasteiger partial charge in [0.2, 0.25) is 0 Å². The van der Waals surface area contributed by atoms with E-state index < -0.39 is 0 Å². The Morgan fingerprint density at radius 1 is 0.469 bits per heavy atom. The lowest BCUT2D eigenvalue weighted by atomic mass is 10.0. The van der Waals surface area contributed by atoms with E-state index in [0.29, 0.717) is 0 Å². The number of rotatable bonds is 6. The highest BCUT2D eigenvalue weighted by atomic mass is 16.3. The monoisotopic (exact) mass is 624 g/mol. The first-order valence-corrected chi connectivity index (χ1v) is 16.5.